The molecule has 2 N–H and O–H groups in total. The normalized spacial score (nSPS) is 10.8. The molecule has 3 aromatic rings. The highest BCUT2D eigenvalue weighted by atomic mass is 14.9. The van der Waals surface area contributed by atoms with E-state index in [9.17, 15) is 0 Å². The fourth-order valence-electron chi connectivity index (χ4n) is 2.92. The summed E-state index contributed by atoms with van der Waals surface area (Å²) < 4.78 is 0. The van der Waals surface area contributed by atoms with E-state index >= 15 is 0 Å². The molecule has 0 bridgehead atoms. The van der Waals surface area contributed by atoms with E-state index in [0.717, 1.165) is 42.1 Å². The lowest BCUT2D eigenvalue weighted by atomic mass is 9.95. The zero-order valence-electron chi connectivity index (χ0n) is 14.3. The molecular formula is C21H23N3. The van der Waals surface area contributed by atoms with Gasteiger partial charge in [-0.15, -0.1) is 0 Å². The highest BCUT2D eigenvalue weighted by molar-refractivity contribution is 5.81. The number of imidazole rings is 1. The number of aryl methyl sites for hydroxylation is 1. The van der Waals surface area contributed by atoms with Gasteiger partial charge in [-0.25, -0.2) is 4.98 Å². The van der Waals surface area contributed by atoms with E-state index in [0.29, 0.717) is 0 Å². The highest BCUT2D eigenvalue weighted by Gasteiger charge is 2.11. The van der Waals surface area contributed by atoms with Gasteiger partial charge in [-0.05, 0) is 36.5 Å². The number of nitrogens with one attached hydrogen (secondary N) is 2. The molecule has 0 radical (unpaired) electrons. The van der Waals surface area contributed by atoms with Gasteiger partial charge in [-0.2, -0.15) is 0 Å². The van der Waals surface area contributed by atoms with E-state index in [1.165, 1.54) is 16.7 Å². The lowest BCUT2D eigenvalue weighted by Gasteiger charge is -2.10. The summed E-state index contributed by atoms with van der Waals surface area (Å²) in [5, 5.41) is 7.77. The molecule has 0 aliphatic heterocycles. The van der Waals surface area contributed by atoms with Crippen LogP contribution in [0.5, 0.6) is 0 Å². The third-order valence-electron chi connectivity index (χ3n) is 4.42. The summed E-state index contributed by atoms with van der Waals surface area (Å²) in [6, 6.07) is 16.8. The number of rotatable bonds is 6. The third-order valence-corrected chi connectivity index (χ3v) is 4.42. The number of aromatic amines is 1. The summed E-state index contributed by atoms with van der Waals surface area (Å²) >= 11 is 0. The standard InChI is InChI=1S/C21H23N3/c1-3-17(22)12-13-21-23-14-20(24-21)19-11-7-10-18(15(19)2)16-8-5-4-6-9-16/h4-11,14,22H,3,12-13H2,1-2H3,(H,23,24). The first-order valence-corrected chi connectivity index (χ1v) is 8.45. The van der Waals surface area contributed by atoms with Crippen molar-refractivity contribution < 1.29 is 0 Å². The Bertz CT molecular complexity index is 831. The molecule has 2 aromatic carbocycles. The predicted molar refractivity (Wildman–Crippen MR) is 101 cm³/mol. The average Bonchev–Trinajstić information content (AvgIpc) is 3.09. The number of benzene rings is 2. The second-order valence-electron chi connectivity index (χ2n) is 6.03. The predicted octanol–water partition coefficient (Wildman–Crippen LogP) is 5.41. The Hall–Kier alpha value is -2.68. The minimum absolute atomic E-state index is 0.770. The molecule has 0 spiro atoms. The van der Waals surface area contributed by atoms with Crippen LogP contribution in [0, 0.1) is 12.3 Å². The van der Waals surface area contributed by atoms with Crippen LogP contribution in [0.25, 0.3) is 22.4 Å². The quantitative estimate of drug-likeness (QED) is 0.586. The highest BCUT2D eigenvalue weighted by Crippen LogP contribution is 2.30. The molecule has 1 heterocycles. The van der Waals surface area contributed by atoms with Crippen LogP contribution in [0.3, 0.4) is 0 Å². The van der Waals surface area contributed by atoms with Gasteiger partial charge in [0, 0.05) is 23.9 Å². The van der Waals surface area contributed by atoms with Gasteiger partial charge in [0.25, 0.3) is 0 Å². The fraction of sp³-hybridized carbons (Fsp3) is 0.238. The minimum Gasteiger partial charge on any atom is -0.348 e. The molecule has 0 amide bonds. The van der Waals surface area contributed by atoms with Crippen molar-refractivity contribution in [2.75, 3.05) is 0 Å². The van der Waals surface area contributed by atoms with Crippen molar-refractivity contribution in [3.63, 3.8) is 0 Å². The Kier molecular flexibility index (Phi) is 4.90. The Morgan fingerprint density at radius 2 is 1.79 bits per heavy atom. The van der Waals surface area contributed by atoms with Gasteiger partial charge in [0.2, 0.25) is 0 Å². The fourth-order valence-corrected chi connectivity index (χ4v) is 2.92. The molecule has 3 heteroatoms. The van der Waals surface area contributed by atoms with Gasteiger partial charge in [0.15, 0.2) is 0 Å². The van der Waals surface area contributed by atoms with Crippen LogP contribution >= 0.6 is 0 Å². The molecule has 0 saturated carbocycles. The van der Waals surface area contributed by atoms with Crippen LogP contribution in [-0.2, 0) is 6.42 Å². The SMILES string of the molecule is CCC(=N)CCc1nc(-c2cccc(-c3ccccc3)c2C)c[nH]1. The summed E-state index contributed by atoms with van der Waals surface area (Å²) in [4.78, 5) is 7.99. The van der Waals surface area contributed by atoms with Crippen molar-refractivity contribution >= 4 is 5.71 Å². The molecule has 122 valence electrons. The molecule has 3 nitrogen and oxygen atoms in total. The number of hydrogen-bond acceptors (Lipinski definition) is 2. The summed E-state index contributed by atoms with van der Waals surface area (Å²) in [5.74, 6) is 0.952. The Balaban J connectivity index is 1.88. The summed E-state index contributed by atoms with van der Waals surface area (Å²) in [6.07, 6.45) is 4.35. The van der Waals surface area contributed by atoms with Crippen molar-refractivity contribution in [2.24, 2.45) is 0 Å². The van der Waals surface area contributed by atoms with Crippen molar-refractivity contribution in [3.8, 4) is 22.4 Å². The Labute approximate surface area is 143 Å². The van der Waals surface area contributed by atoms with E-state index in [4.69, 9.17) is 10.4 Å². The largest absolute Gasteiger partial charge is 0.348 e. The average molecular weight is 317 g/mol. The maximum absolute atomic E-state index is 7.77. The Morgan fingerprint density at radius 1 is 1.04 bits per heavy atom. The molecule has 1 aromatic heterocycles. The van der Waals surface area contributed by atoms with Gasteiger partial charge in [-0.1, -0.05) is 55.5 Å². The topological polar surface area (TPSA) is 52.5 Å². The molecule has 0 saturated heterocycles. The lowest BCUT2D eigenvalue weighted by molar-refractivity contribution is 0.914. The van der Waals surface area contributed by atoms with Crippen LogP contribution in [0.15, 0.2) is 54.7 Å². The summed E-state index contributed by atoms with van der Waals surface area (Å²) in [5.41, 5.74) is 6.61. The molecule has 24 heavy (non-hydrogen) atoms. The number of aromatic nitrogens is 2. The third kappa shape index (κ3) is 3.46. The summed E-state index contributed by atoms with van der Waals surface area (Å²) in [6.45, 7) is 4.17. The van der Waals surface area contributed by atoms with Gasteiger partial charge in [0.1, 0.15) is 5.82 Å². The van der Waals surface area contributed by atoms with E-state index in [1.807, 2.05) is 19.2 Å². The van der Waals surface area contributed by atoms with Crippen LogP contribution in [0.4, 0.5) is 0 Å². The zero-order chi connectivity index (χ0) is 16.9. The van der Waals surface area contributed by atoms with Crippen molar-refractivity contribution in [2.45, 2.75) is 33.1 Å². The molecule has 0 atom stereocenters. The maximum Gasteiger partial charge on any atom is 0.107 e. The van der Waals surface area contributed by atoms with E-state index in [2.05, 4.69) is 54.4 Å². The van der Waals surface area contributed by atoms with E-state index in [-0.39, 0.29) is 0 Å². The number of hydrogen-bond donors (Lipinski definition) is 2. The second kappa shape index (κ2) is 7.26. The number of H-pyrrole nitrogens is 1. The first-order valence-electron chi connectivity index (χ1n) is 8.45. The van der Waals surface area contributed by atoms with Crippen molar-refractivity contribution in [1.82, 2.24) is 9.97 Å². The van der Waals surface area contributed by atoms with Crippen molar-refractivity contribution in [1.29, 1.82) is 5.41 Å². The van der Waals surface area contributed by atoms with E-state index in [1.54, 1.807) is 0 Å². The molecule has 0 aliphatic rings. The smallest absolute Gasteiger partial charge is 0.107 e. The molecule has 0 fully saturated rings. The van der Waals surface area contributed by atoms with Crippen molar-refractivity contribution in [3.05, 3.63) is 66.1 Å². The maximum atomic E-state index is 7.77. The van der Waals surface area contributed by atoms with Crippen LogP contribution in [-0.4, -0.2) is 15.7 Å². The first-order chi connectivity index (χ1) is 11.7. The Morgan fingerprint density at radius 3 is 2.54 bits per heavy atom. The van der Waals surface area contributed by atoms with Gasteiger partial charge < -0.3 is 10.4 Å². The van der Waals surface area contributed by atoms with Gasteiger partial charge in [0.05, 0.1) is 5.69 Å². The van der Waals surface area contributed by atoms with E-state index < -0.39 is 0 Å². The lowest BCUT2D eigenvalue weighted by Crippen LogP contribution is -1.98. The molecular weight excluding hydrogens is 294 g/mol. The van der Waals surface area contributed by atoms with Gasteiger partial charge in [-0.3, -0.25) is 0 Å². The zero-order valence-corrected chi connectivity index (χ0v) is 14.3. The number of nitrogens with zero attached hydrogens (tertiary/aromatic N) is 1. The molecule has 3 rings (SSSR count). The van der Waals surface area contributed by atoms with Crippen LogP contribution in [0.2, 0.25) is 0 Å². The molecule has 0 aliphatic carbocycles. The monoisotopic (exact) mass is 317 g/mol. The summed E-state index contributed by atoms with van der Waals surface area (Å²) in [7, 11) is 0. The second-order valence-corrected chi connectivity index (χ2v) is 6.03. The van der Waals surface area contributed by atoms with Crippen LogP contribution < -0.4 is 0 Å². The van der Waals surface area contributed by atoms with Crippen LogP contribution in [0.1, 0.15) is 31.2 Å². The first kappa shape index (κ1) is 16.2. The molecule has 0 unspecified atom stereocenters. The van der Waals surface area contributed by atoms with Gasteiger partial charge >= 0.3 is 0 Å². The minimum atomic E-state index is 0.770.